The maximum atomic E-state index is 8.80. The Morgan fingerprint density at radius 2 is 1.92 bits per heavy atom. The van der Waals surface area contributed by atoms with E-state index in [2.05, 4.69) is 25.2 Å². The molecule has 0 saturated carbocycles. The Morgan fingerprint density at radius 3 is 2.46 bits per heavy atom. The van der Waals surface area contributed by atoms with Gasteiger partial charge in [-0.25, -0.2) is 0 Å². The Bertz CT molecular complexity index is 138. The van der Waals surface area contributed by atoms with Crippen LogP contribution in [0.2, 0.25) is 0 Å². The van der Waals surface area contributed by atoms with Crippen LogP contribution in [0.3, 0.4) is 0 Å². The largest absolute Gasteiger partial charge is 0.302 e. The zero-order valence-electron chi connectivity index (χ0n) is 8.97. The van der Waals surface area contributed by atoms with Crippen LogP contribution in [0.15, 0.2) is 0 Å². The molecule has 0 fully saturated rings. The van der Waals surface area contributed by atoms with E-state index in [0.29, 0.717) is 0 Å². The summed E-state index contributed by atoms with van der Waals surface area (Å²) in [6.45, 7) is 5.29. The molecule has 0 rings (SSSR count). The highest BCUT2D eigenvalue weighted by Gasteiger charge is 2.03. The first-order chi connectivity index (χ1) is 6.35. The smallest absolute Gasteiger partial charge is 0.0952 e. The quantitative estimate of drug-likeness (QED) is 0.586. The lowest BCUT2D eigenvalue weighted by molar-refractivity contribution is 0.522. The van der Waals surface area contributed by atoms with Crippen LogP contribution in [0.25, 0.3) is 0 Å². The van der Waals surface area contributed by atoms with Crippen molar-refractivity contribution in [1.29, 1.82) is 5.26 Å². The highest BCUT2D eigenvalue weighted by Crippen LogP contribution is 2.04. The van der Waals surface area contributed by atoms with Gasteiger partial charge >= 0.3 is 0 Å². The first-order valence-corrected chi connectivity index (χ1v) is 5.48. The molecule has 76 valence electrons. The normalized spacial score (nSPS) is 12.4. The Hall–Kier alpha value is -0.550. The third-order valence-electron chi connectivity index (χ3n) is 2.14. The zero-order chi connectivity index (χ0) is 9.94. The van der Waals surface area contributed by atoms with Crippen molar-refractivity contribution >= 4 is 0 Å². The third kappa shape index (κ3) is 7.80. The molecule has 0 radical (unpaired) electrons. The zero-order valence-corrected chi connectivity index (χ0v) is 8.97. The van der Waals surface area contributed by atoms with E-state index in [1.54, 1.807) is 0 Å². The number of hydrogen-bond acceptors (Lipinski definition) is 2. The number of nitrogens with one attached hydrogen (secondary N) is 1. The monoisotopic (exact) mass is 182 g/mol. The van der Waals surface area contributed by atoms with E-state index >= 15 is 0 Å². The number of hydrogen-bond donors (Lipinski definition) is 1. The molecule has 0 aliphatic heterocycles. The van der Waals surface area contributed by atoms with Crippen LogP contribution in [0, 0.1) is 11.3 Å². The number of unbranched alkanes of at least 4 members (excludes halogenated alkanes) is 3. The second-order valence-corrected chi connectivity index (χ2v) is 3.49. The van der Waals surface area contributed by atoms with E-state index in [1.807, 2.05) is 0 Å². The molecule has 2 heteroatoms. The number of rotatable bonds is 8. The van der Waals surface area contributed by atoms with Gasteiger partial charge in [0.25, 0.3) is 0 Å². The summed E-state index contributed by atoms with van der Waals surface area (Å²) in [4.78, 5) is 0. The van der Waals surface area contributed by atoms with Gasteiger partial charge in [-0.1, -0.05) is 39.5 Å². The minimum atomic E-state index is 0.0804. The standard InChI is InChI=1S/C11H22N2/c1-3-5-6-7-8-11(10-12)13-9-4-2/h11,13H,3-9H2,1-2H3. The summed E-state index contributed by atoms with van der Waals surface area (Å²) >= 11 is 0. The lowest BCUT2D eigenvalue weighted by Crippen LogP contribution is -2.28. The van der Waals surface area contributed by atoms with Crippen molar-refractivity contribution in [3.63, 3.8) is 0 Å². The van der Waals surface area contributed by atoms with Gasteiger partial charge < -0.3 is 5.32 Å². The predicted molar refractivity (Wildman–Crippen MR) is 56.5 cm³/mol. The van der Waals surface area contributed by atoms with Crippen molar-refractivity contribution in [2.24, 2.45) is 0 Å². The van der Waals surface area contributed by atoms with Crippen molar-refractivity contribution < 1.29 is 0 Å². The minimum absolute atomic E-state index is 0.0804. The van der Waals surface area contributed by atoms with E-state index in [0.717, 1.165) is 19.4 Å². The van der Waals surface area contributed by atoms with Gasteiger partial charge in [-0.2, -0.15) is 5.26 Å². The van der Waals surface area contributed by atoms with E-state index in [4.69, 9.17) is 5.26 Å². The molecule has 0 aromatic rings. The van der Waals surface area contributed by atoms with Gasteiger partial charge in [0.1, 0.15) is 0 Å². The second kappa shape index (κ2) is 9.54. The molecule has 0 spiro atoms. The molecular formula is C11H22N2. The van der Waals surface area contributed by atoms with Gasteiger partial charge in [0.2, 0.25) is 0 Å². The molecule has 0 aliphatic rings. The number of nitriles is 1. The van der Waals surface area contributed by atoms with Crippen LogP contribution in [-0.2, 0) is 0 Å². The average molecular weight is 182 g/mol. The van der Waals surface area contributed by atoms with Crippen molar-refractivity contribution in [3.05, 3.63) is 0 Å². The summed E-state index contributed by atoms with van der Waals surface area (Å²) in [5.41, 5.74) is 0. The lowest BCUT2D eigenvalue weighted by Gasteiger charge is -2.09. The molecule has 0 aromatic carbocycles. The van der Waals surface area contributed by atoms with Crippen LogP contribution in [0.1, 0.15) is 52.4 Å². The van der Waals surface area contributed by atoms with E-state index in [1.165, 1.54) is 25.7 Å². The summed E-state index contributed by atoms with van der Waals surface area (Å²) in [6, 6.07) is 2.38. The molecule has 1 unspecified atom stereocenters. The molecule has 1 N–H and O–H groups in total. The van der Waals surface area contributed by atoms with Gasteiger partial charge in [-0.3, -0.25) is 0 Å². The lowest BCUT2D eigenvalue weighted by atomic mass is 10.1. The van der Waals surface area contributed by atoms with Gasteiger partial charge in [-0.05, 0) is 19.4 Å². The molecule has 1 atom stereocenters. The van der Waals surface area contributed by atoms with Crippen LogP contribution in [-0.4, -0.2) is 12.6 Å². The predicted octanol–water partition coefficient (Wildman–Crippen LogP) is 2.85. The summed E-state index contributed by atoms with van der Waals surface area (Å²) in [6.07, 6.45) is 7.13. The van der Waals surface area contributed by atoms with Gasteiger partial charge in [0.05, 0.1) is 12.1 Å². The van der Waals surface area contributed by atoms with Crippen LogP contribution in [0.5, 0.6) is 0 Å². The Kier molecular flexibility index (Phi) is 9.13. The topological polar surface area (TPSA) is 35.8 Å². The summed E-state index contributed by atoms with van der Waals surface area (Å²) in [5.74, 6) is 0. The number of nitrogens with zero attached hydrogens (tertiary/aromatic N) is 1. The van der Waals surface area contributed by atoms with Crippen molar-refractivity contribution in [1.82, 2.24) is 5.32 Å². The van der Waals surface area contributed by atoms with Crippen LogP contribution < -0.4 is 5.32 Å². The Balaban J connectivity index is 3.32. The fourth-order valence-electron chi connectivity index (χ4n) is 1.31. The van der Waals surface area contributed by atoms with Crippen LogP contribution >= 0.6 is 0 Å². The van der Waals surface area contributed by atoms with Gasteiger partial charge in [0, 0.05) is 0 Å². The van der Waals surface area contributed by atoms with E-state index in [9.17, 15) is 0 Å². The second-order valence-electron chi connectivity index (χ2n) is 3.49. The molecule has 0 saturated heterocycles. The van der Waals surface area contributed by atoms with Gasteiger partial charge in [-0.15, -0.1) is 0 Å². The van der Waals surface area contributed by atoms with E-state index < -0.39 is 0 Å². The molecule has 13 heavy (non-hydrogen) atoms. The van der Waals surface area contributed by atoms with Crippen LogP contribution in [0.4, 0.5) is 0 Å². The van der Waals surface area contributed by atoms with Crippen molar-refractivity contribution in [2.75, 3.05) is 6.54 Å². The first kappa shape index (κ1) is 12.4. The highest BCUT2D eigenvalue weighted by molar-refractivity contribution is 4.89. The minimum Gasteiger partial charge on any atom is -0.302 e. The molecule has 0 heterocycles. The summed E-state index contributed by atoms with van der Waals surface area (Å²) in [5, 5.41) is 12.0. The third-order valence-corrected chi connectivity index (χ3v) is 2.14. The van der Waals surface area contributed by atoms with Gasteiger partial charge in [0.15, 0.2) is 0 Å². The highest BCUT2D eigenvalue weighted by atomic mass is 14.9. The Labute approximate surface area is 82.3 Å². The molecular weight excluding hydrogens is 160 g/mol. The van der Waals surface area contributed by atoms with E-state index in [-0.39, 0.29) is 6.04 Å². The Morgan fingerprint density at radius 1 is 1.15 bits per heavy atom. The van der Waals surface area contributed by atoms with Crippen molar-refractivity contribution in [3.8, 4) is 6.07 Å². The molecule has 0 aliphatic carbocycles. The molecule has 0 aromatic heterocycles. The first-order valence-electron chi connectivity index (χ1n) is 5.48. The molecule has 0 amide bonds. The fraction of sp³-hybridized carbons (Fsp3) is 0.909. The maximum absolute atomic E-state index is 8.80. The fourth-order valence-corrected chi connectivity index (χ4v) is 1.31. The molecule has 2 nitrogen and oxygen atoms in total. The summed E-state index contributed by atoms with van der Waals surface area (Å²) < 4.78 is 0. The van der Waals surface area contributed by atoms with Crippen molar-refractivity contribution in [2.45, 2.75) is 58.4 Å². The maximum Gasteiger partial charge on any atom is 0.0952 e. The molecule has 0 bridgehead atoms. The SMILES string of the molecule is CCCCCCC(C#N)NCCC. The average Bonchev–Trinajstić information content (AvgIpc) is 2.17. The summed E-state index contributed by atoms with van der Waals surface area (Å²) in [7, 11) is 0.